The van der Waals surface area contributed by atoms with Gasteiger partial charge in [-0.2, -0.15) is 5.26 Å². The predicted molar refractivity (Wildman–Crippen MR) is 49.7 cm³/mol. The van der Waals surface area contributed by atoms with E-state index in [9.17, 15) is 4.79 Å². The molecule has 13 heavy (non-hydrogen) atoms. The molecule has 1 rings (SSSR count). The molecule has 0 aromatic heterocycles. The van der Waals surface area contributed by atoms with Gasteiger partial charge in [-0.05, 0) is 18.8 Å². The smallest absolute Gasteiger partial charge is 0.226 e. The number of hydrogen-bond donors (Lipinski definition) is 0. The van der Waals surface area contributed by atoms with Gasteiger partial charge in [0.2, 0.25) is 5.91 Å². The number of amides is 1. The zero-order valence-corrected chi connectivity index (χ0v) is 8.45. The van der Waals surface area contributed by atoms with Gasteiger partial charge in [0.1, 0.15) is 6.04 Å². The number of carbonyl (C=O) groups is 1. The average molecular weight is 180 g/mol. The summed E-state index contributed by atoms with van der Waals surface area (Å²) in [5.74, 6) is 0.553. The van der Waals surface area contributed by atoms with Gasteiger partial charge in [0, 0.05) is 13.0 Å². The molecule has 1 unspecified atom stereocenters. The van der Waals surface area contributed by atoms with Crippen molar-refractivity contribution >= 4 is 5.91 Å². The van der Waals surface area contributed by atoms with Crippen LogP contribution < -0.4 is 0 Å². The lowest BCUT2D eigenvalue weighted by Gasteiger charge is -2.25. The van der Waals surface area contributed by atoms with Crippen LogP contribution in [0.25, 0.3) is 0 Å². The van der Waals surface area contributed by atoms with Crippen LogP contribution >= 0.6 is 0 Å². The second-order valence-electron chi connectivity index (χ2n) is 4.04. The fourth-order valence-electron chi connectivity index (χ4n) is 1.44. The van der Waals surface area contributed by atoms with Crippen molar-refractivity contribution in [2.45, 2.75) is 32.7 Å². The quantitative estimate of drug-likeness (QED) is 0.659. The van der Waals surface area contributed by atoms with E-state index in [2.05, 4.69) is 6.07 Å². The molecular weight excluding hydrogens is 164 g/mol. The summed E-state index contributed by atoms with van der Waals surface area (Å²) in [6, 6.07) is 1.90. The summed E-state index contributed by atoms with van der Waals surface area (Å²) in [5.41, 5.74) is 0. The fraction of sp³-hybridized carbons (Fsp3) is 0.800. The summed E-state index contributed by atoms with van der Waals surface area (Å²) in [5, 5.41) is 8.87. The maximum absolute atomic E-state index is 11.6. The maximum atomic E-state index is 11.6. The summed E-state index contributed by atoms with van der Waals surface area (Å²) < 4.78 is 0. The van der Waals surface area contributed by atoms with E-state index in [-0.39, 0.29) is 23.8 Å². The highest BCUT2D eigenvalue weighted by molar-refractivity contribution is 5.81. The summed E-state index contributed by atoms with van der Waals surface area (Å²) in [4.78, 5) is 13.2. The molecule has 0 spiro atoms. The lowest BCUT2D eigenvalue weighted by molar-refractivity contribution is -0.133. The number of carbonyl (C=O) groups excluding carboxylic acids is 1. The molecule has 1 saturated carbocycles. The molecule has 0 bridgehead atoms. The molecule has 0 aromatic rings. The van der Waals surface area contributed by atoms with Gasteiger partial charge in [0.15, 0.2) is 0 Å². The summed E-state index contributed by atoms with van der Waals surface area (Å²) >= 11 is 0. The Morgan fingerprint density at radius 2 is 2.08 bits per heavy atom. The molecule has 0 N–H and O–H groups in total. The van der Waals surface area contributed by atoms with Crippen molar-refractivity contribution < 1.29 is 4.79 Å². The second kappa shape index (κ2) is 3.78. The van der Waals surface area contributed by atoms with Crippen LogP contribution in [0.4, 0.5) is 0 Å². The first-order valence-corrected chi connectivity index (χ1v) is 4.74. The normalized spacial score (nSPS) is 18.1. The predicted octanol–water partition coefficient (Wildman–Crippen LogP) is 1.40. The summed E-state index contributed by atoms with van der Waals surface area (Å²) in [6.45, 7) is 3.93. The molecule has 72 valence electrons. The standard InChI is InChI=1S/C10H16N2O/c1-7(2)9(6-11)12(3)10(13)8-4-5-8/h7-9H,4-5H2,1-3H3. The Morgan fingerprint density at radius 1 is 1.54 bits per heavy atom. The van der Waals surface area contributed by atoms with Crippen molar-refractivity contribution in [3.63, 3.8) is 0 Å². The zero-order valence-electron chi connectivity index (χ0n) is 8.45. The lowest BCUT2D eigenvalue weighted by Crippen LogP contribution is -2.40. The molecule has 1 aliphatic rings. The van der Waals surface area contributed by atoms with E-state index in [1.165, 1.54) is 0 Å². The molecule has 1 amide bonds. The van der Waals surface area contributed by atoms with Crippen molar-refractivity contribution in [1.29, 1.82) is 5.26 Å². The highest BCUT2D eigenvalue weighted by atomic mass is 16.2. The van der Waals surface area contributed by atoms with E-state index in [0.717, 1.165) is 12.8 Å². The first-order chi connectivity index (χ1) is 6.07. The fourth-order valence-corrected chi connectivity index (χ4v) is 1.44. The molecule has 0 heterocycles. The number of hydrogen-bond acceptors (Lipinski definition) is 2. The Morgan fingerprint density at radius 3 is 2.38 bits per heavy atom. The number of nitriles is 1. The third kappa shape index (κ3) is 2.21. The van der Waals surface area contributed by atoms with Gasteiger partial charge < -0.3 is 4.90 Å². The van der Waals surface area contributed by atoms with E-state index in [0.29, 0.717) is 0 Å². The molecule has 1 fully saturated rings. The van der Waals surface area contributed by atoms with Crippen molar-refractivity contribution in [3.8, 4) is 6.07 Å². The topological polar surface area (TPSA) is 44.1 Å². The van der Waals surface area contributed by atoms with Crippen molar-refractivity contribution in [2.24, 2.45) is 11.8 Å². The van der Waals surface area contributed by atoms with Gasteiger partial charge >= 0.3 is 0 Å². The first-order valence-electron chi connectivity index (χ1n) is 4.74. The van der Waals surface area contributed by atoms with Crippen molar-refractivity contribution in [2.75, 3.05) is 7.05 Å². The molecular formula is C10H16N2O. The van der Waals surface area contributed by atoms with Crippen LogP contribution in [0.5, 0.6) is 0 Å². The van der Waals surface area contributed by atoms with Crippen LogP contribution in [0.3, 0.4) is 0 Å². The van der Waals surface area contributed by atoms with E-state index < -0.39 is 0 Å². The van der Waals surface area contributed by atoms with Gasteiger partial charge in [-0.1, -0.05) is 13.8 Å². The van der Waals surface area contributed by atoms with E-state index in [1.54, 1.807) is 11.9 Å². The van der Waals surface area contributed by atoms with Crippen molar-refractivity contribution in [3.05, 3.63) is 0 Å². The number of rotatable bonds is 3. The average Bonchev–Trinajstić information content (AvgIpc) is 2.85. The van der Waals surface area contributed by atoms with Crippen LogP contribution in [0.15, 0.2) is 0 Å². The van der Waals surface area contributed by atoms with Crippen LogP contribution in [-0.2, 0) is 4.79 Å². The maximum Gasteiger partial charge on any atom is 0.226 e. The minimum absolute atomic E-state index is 0.139. The zero-order chi connectivity index (χ0) is 10.0. The van der Waals surface area contributed by atoms with Gasteiger partial charge in [0.05, 0.1) is 6.07 Å². The monoisotopic (exact) mass is 180 g/mol. The van der Waals surface area contributed by atoms with E-state index in [1.807, 2.05) is 13.8 Å². The molecule has 3 heteroatoms. The summed E-state index contributed by atoms with van der Waals surface area (Å²) in [7, 11) is 1.73. The molecule has 0 saturated heterocycles. The second-order valence-corrected chi connectivity index (χ2v) is 4.04. The molecule has 1 aliphatic carbocycles. The Bertz CT molecular complexity index is 238. The largest absolute Gasteiger partial charge is 0.329 e. The Hall–Kier alpha value is -1.04. The Kier molecular flexibility index (Phi) is 2.92. The Labute approximate surface area is 79.3 Å². The van der Waals surface area contributed by atoms with Crippen molar-refractivity contribution in [1.82, 2.24) is 4.90 Å². The van der Waals surface area contributed by atoms with Gasteiger partial charge in [-0.15, -0.1) is 0 Å². The van der Waals surface area contributed by atoms with E-state index >= 15 is 0 Å². The highest BCUT2D eigenvalue weighted by Gasteiger charge is 2.35. The lowest BCUT2D eigenvalue weighted by atomic mass is 10.0. The molecule has 1 atom stereocenters. The highest BCUT2D eigenvalue weighted by Crippen LogP contribution is 2.31. The third-order valence-electron chi connectivity index (χ3n) is 2.46. The van der Waals surface area contributed by atoms with E-state index in [4.69, 9.17) is 5.26 Å². The summed E-state index contributed by atoms with van der Waals surface area (Å²) in [6.07, 6.45) is 2.00. The molecule has 0 aliphatic heterocycles. The Balaban J connectivity index is 2.58. The third-order valence-corrected chi connectivity index (χ3v) is 2.46. The minimum Gasteiger partial charge on any atom is -0.329 e. The van der Waals surface area contributed by atoms with Gasteiger partial charge in [-0.3, -0.25) is 4.79 Å². The van der Waals surface area contributed by atoms with Gasteiger partial charge in [-0.25, -0.2) is 0 Å². The minimum atomic E-state index is -0.270. The van der Waals surface area contributed by atoms with Gasteiger partial charge in [0.25, 0.3) is 0 Å². The SMILES string of the molecule is CC(C)C(C#N)N(C)C(=O)C1CC1. The van der Waals surface area contributed by atoms with Crippen LogP contribution in [0.1, 0.15) is 26.7 Å². The van der Waals surface area contributed by atoms with Crippen LogP contribution in [-0.4, -0.2) is 23.9 Å². The molecule has 0 aromatic carbocycles. The van der Waals surface area contributed by atoms with Crippen LogP contribution in [0.2, 0.25) is 0 Å². The first kappa shape index (κ1) is 10.0. The van der Waals surface area contributed by atoms with Crippen LogP contribution in [0, 0.1) is 23.2 Å². The number of nitrogens with zero attached hydrogens (tertiary/aromatic N) is 2. The molecule has 3 nitrogen and oxygen atoms in total. The molecule has 0 radical (unpaired) electrons.